The number of carbonyl (C=O) groups excluding carboxylic acids is 1. The van der Waals surface area contributed by atoms with Crippen LogP contribution in [-0.2, 0) is 24.1 Å². The van der Waals surface area contributed by atoms with Crippen LogP contribution in [0.1, 0.15) is 49.6 Å². The third-order valence-electron chi connectivity index (χ3n) is 5.69. The summed E-state index contributed by atoms with van der Waals surface area (Å²) in [5.74, 6) is 2.00. The molecule has 144 valence electrons. The Kier molecular flexibility index (Phi) is 5.41. The van der Waals surface area contributed by atoms with Gasteiger partial charge in [-0.15, -0.1) is 0 Å². The quantitative estimate of drug-likeness (QED) is 0.849. The molecule has 2 atom stereocenters. The highest BCUT2D eigenvalue weighted by Gasteiger charge is 2.27. The predicted molar refractivity (Wildman–Crippen MR) is 104 cm³/mol. The predicted octanol–water partition coefficient (Wildman–Crippen LogP) is 2.91. The molecule has 2 aromatic rings. The first-order chi connectivity index (χ1) is 13.2. The fourth-order valence-corrected chi connectivity index (χ4v) is 4.04. The Hall–Kier alpha value is -2.37. The maximum atomic E-state index is 12.7. The normalized spacial score (nSPS) is 20.3. The third kappa shape index (κ3) is 4.31. The van der Waals surface area contributed by atoms with E-state index in [0.717, 1.165) is 68.2 Å². The summed E-state index contributed by atoms with van der Waals surface area (Å²) >= 11 is 0. The summed E-state index contributed by atoms with van der Waals surface area (Å²) in [4.78, 5) is 24.3. The van der Waals surface area contributed by atoms with Crippen LogP contribution < -0.4 is 10.2 Å². The molecule has 1 aliphatic carbocycles. The molecule has 1 fully saturated rings. The highest BCUT2D eigenvalue weighted by Crippen LogP contribution is 2.26. The van der Waals surface area contributed by atoms with Crippen LogP contribution in [0.4, 0.5) is 5.95 Å². The van der Waals surface area contributed by atoms with Crippen LogP contribution in [0.2, 0.25) is 0 Å². The maximum Gasteiger partial charge on any atom is 0.225 e. The van der Waals surface area contributed by atoms with E-state index in [2.05, 4.69) is 22.1 Å². The molecular formula is C21H28N4O2. The van der Waals surface area contributed by atoms with Gasteiger partial charge in [-0.25, -0.2) is 9.97 Å². The summed E-state index contributed by atoms with van der Waals surface area (Å²) in [6.07, 6.45) is 10.3. The maximum absolute atomic E-state index is 12.7. The number of carbonyl (C=O) groups is 1. The number of furan rings is 1. The largest absolute Gasteiger partial charge is 0.469 e. The molecule has 0 aromatic carbocycles. The second-order valence-electron chi connectivity index (χ2n) is 7.80. The summed E-state index contributed by atoms with van der Waals surface area (Å²) in [6, 6.07) is 4.01. The molecule has 1 N–H and O–H groups in total. The molecule has 2 aromatic heterocycles. The number of anilines is 1. The van der Waals surface area contributed by atoms with Crippen molar-refractivity contribution < 1.29 is 9.21 Å². The lowest BCUT2D eigenvalue weighted by Crippen LogP contribution is -2.39. The smallest absolute Gasteiger partial charge is 0.225 e. The van der Waals surface area contributed by atoms with Crippen LogP contribution in [0.3, 0.4) is 0 Å². The van der Waals surface area contributed by atoms with E-state index in [0.29, 0.717) is 0 Å². The Morgan fingerprint density at radius 3 is 3.04 bits per heavy atom. The van der Waals surface area contributed by atoms with Crippen molar-refractivity contribution in [1.82, 2.24) is 15.3 Å². The minimum absolute atomic E-state index is 0.0183. The van der Waals surface area contributed by atoms with Crippen LogP contribution in [0.25, 0.3) is 0 Å². The number of amides is 1. The van der Waals surface area contributed by atoms with Crippen LogP contribution in [0.15, 0.2) is 29.0 Å². The van der Waals surface area contributed by atoms with Gasteiger partial charge in [-0.3, -0.25) is 4.79 Å². The molecule has 0 unspecified atom stereocenters. The van der Waals surface area contributed by atoms with Gasteiger partial charge in [0.1, 0.15) is 5.76 Å². The molecule has 4 rings (SSSR count). The monoisotopic (exact) mass is 368 g/mol. The van der Waals surface area contributed by atoms with E-state index in [4.69, 9.17) is 9.40 Å². The Morgan fingerprint density at radius 1 is 1.41 bits per heavy atom. The minimum atomic E-state index is 0.0183. The Balaban J connectivity index is 1.31. The van der Waals surface area contributed by atoms with Crippen molar-refractivity contribution in [2.45, 2.75) is 57.9 Å². The average molecular weight is 368 g/mol. The SMILES string of the molecule is C[C@@H](CCc1ccco1)NC(=O)[C@@H]1CCc2nc(N3CCCC3)ncc2C1. The van der Waals surface area contributed by atoms with Crippen molar-refractivity contribution in [1.29, 1.82) is 0 Å². The number of rotatable bonds is 6. The van der Waals surface area contributed by atoms with Crippen LogP contribution >= 0.6 is 0 Å². The summed E-state index contributed by atoms with van der Waals surface area (Å²) in [5, 5.41) is 3.17. The molecule has 0 radical (unpaired) electrons. The van der Waals surface area contributed by atoms with Gasteiger partial charge in [0, 0.05) is 43.4 Å². The fraction of sp³-hybridized carbons (Fsp3) is 0.571. The van der Waals surface area contributed by atoms with Gasteiger partial charge in [-0.1, -0.05) is 0 Å². The van der Waals surface area contributed by atoms with Gasteiger partial charge < -0.3 is 14.6 Å². The molecule has 6 nitrogen and oxygen atoms in total. The second kappa shape index (κ2) is 8.11. The van der Waals surface area contributed by atoms with Crippen molar-refractivity contribution >= 4 is 11.9 Å². The lowest BCUT2D eigenvalue weighted by molar-refractivity contribution is -0.126. The number of hydrogen-bond acceptors (Lipinski definition) is 5. The first-order valence-corrected chi connectivity index (χ1v) is 10.1. The van der Waals surface area contributed by atoms with Crippen molar-refractivity contribution in [3.8, 4) is 0 Å². The molecule has 2 aliphatic rings. The molecule has 0 spiro atoms. The number of nitrogens with zero attached hydrogens (tertiary/aromatic N) is 3. The number of hydrogen-bond donors (Lipinski definition) is 1. The lowest BCUT2D eigenvalue weighted by atomic mass is 9.86. The Bertz CT molecular complexity index is 768. The molecule has 3 heterocycles. The van der Waals surface area contributed by atoms with Gasteiger partial charge in [0.05, 0.1) is 6.26 Å². The zero-order chi connectivity index (χ0) is 18.6. The Labute approximate surface area is 160 Å². The summed E-state index contributed by atoms with van der Waals surface area (Å²) in [7, 11) is 0. The summed E-state index contributed by atoms with van der Waals surface area (Å²) in [5.41, 5.74) is 2.26. The van der Waals surface area contributed by atoms with E-state index in [-0.39, 0.29) is 17.9 Å². The number of nitrogens with one attached hydrogen (secondary N) is 1. The van der Waals surface area contributed by atoms with Gasteiger partial charge >= 0.3 is 0 Å². The standard InChI is InChI=1S/C21H28N4O2/c1-15(6-8-18-5-4-12-27-18)23-20(26)16-7-9-19-17(13-16)14-22-21(24-19)25-10-2-3-11-25/h4-5,12,14-16H,2-3,6-11,13H2,1H3,(H,23,26)/t15-,16+/m0/s1. The van der Waals surface area contributed by atoms with Crippen molar-refractivity contribution in [2.24, 2.45) is 5.92 Å². The van der Waals surface area contributed by atoms with Crippen molar-refractivity contribution in [3.63, 3.8) is 0 Å². The van der Waals surface area contributed by atoms with E-state index in [1.54, 1.807) is 6.26 Å². The van der Waals surface area contributed by atoms with E-state index in [1.165, 1.54) is 12.8 Å². The third-order valence-corrected chi connectivity index (χ3v) is 5.69. The first-order valence-electron chi connectivity index (χ1n) is 10.1. The van der Waals surface area contributed by atoms with Gasteiger partial charge in [0.15, 0.2) is 0 Å². The minimum Gasteiger partial charge on any atom is -0.469 e. The van der Waals surface area contributed by atoms with Crippen molar-refractivity contribution in [3.05, 3.63) is 41.6 Å². The number of aromatic nitrogens is 2. The van der Waals surface area contributed by atoms with Gasteiger partial charge in [-0.05, 0) is 63.1 Å². The van der Waals surface area contributed by atoms with Gasteiger partial charge in [-0.2, -0.15) is 0 Å². The lowest BCUT2D eigenvalue weighted by Gasteiger charge is -2.26. The number of fused-ring (bicyclic) bond motifs is 1. The topological polar surface area (TPSA) is 71.3 Å². The molecule has 27 heavy (non-hydrogen) atoms. The zero-order valence-electron chi connectivity index (χ0n) is 16.0. The van der Waals surface area contributed by atoms with E-state index in [1.807, 2.05) is 18.3 Å². The van der Waals surface area contributed by atoms with Crippen LogP contribution in [0.5, 0.6) is 0 Å². The van der Waals surface area contributed by atoms with E-state index in [9.17, 15) is 4.79 Å². The summed E-state index contributed by atoms with van der Waals surface area (Å²) < 4.78 is 5.36. The van der Waals surface area contributed by atoms with E-state index >= 15 is 0 Å². The van der Waals surface area contributed by atoms with Crippen molar-refractivity contribution in [2.75, 3.05) is 18.0 Å². The molecule has 6 heteroatoms. The molecule has 0 bridgehead atoms. The van der Waals surface area contributed by atoms with Crippen LogP contribution in [0, 0.1) is 5.92 Å². The molecule has 1 aliphatic heterocycles. The van der Waals surface area contributed by atoms with Crippen LogP contribution in [-0.4, -0.2) is 35.0 Å². The van der Waals surface area contributed by atoms with Gasteiger partial charge in [0.25, 0.3) is 0 Å². The number of aryl methyl sites for hydroxylation is 2. The molecule has 1 saturated heterocycles. The van der Waals surface area contributed by atoms with Gasteiger partial charge in [0.2, 0.25) is 11.9 Å². The van der Waals surface area contributed by atoms with E-state index < -0.39 is 0 Å². The highest BCUT2D eigenvalue weighted by atomic mass is 16.3. The Morgan fingerprint density at radius 2 is 2.26 bits per heavy atom. The molecule has 1 amide bonds. The summed E-state index contributed by atoms with van der Waals surface area (Å²) in [6.45, 7) is 4.17. The molecule has 0 saturated carbocycles. The average Bonchev–Trinajstić information content (AvgIpc) is 3.39. The molecular weight excluding hydrogens is 340 g/mol. The highest BCUT2D eigenvalue weighted by molar-refractivity contribution is 5.79. The second-order valence-corrected chi connectivity index (χ2v) is 7.80. The zero-order valence-corrected chi connectivity index (χ0v) is 16.0. The first kappa shape index (κ1) is 18.0. The fourth-order valence-electron chi connectivity index (χ4n) is 4.04.